The second-order valence-electron chi connectivity index (χ2n) is 11.5. The van der Waals surface area contributed by atoms with Crippen molar-refractivity contribution in [3.05, 3.63) is 63.7 Å². The van der Waals surface area contributed by atoms with Crippen molar-refractivity contribution in [3.63, 3.8) is 0 Å². The number of benzene rings is 2. The molecule has 2 aromatic rings. The predicted molar refractivity (Wildman–Crippen MR) is 171 cm³/mol. The van der Waals surface area contributed by atoms with Crippen molar-refractivity contribution >= 4 is 17.5 Å². The van der Waals surface area contributed by atoms with Gasteiger partial charge in [-0.05, 0) is 61.1 Å². The number of ether oxygens (including phenoxy) is 4. The molecule has 1 N–H and O–H groups in total. The smallest absolute Gasteiger partial charge is 0.294 e. The van der Waals surface area contributed by atoms with E-state index < -0.39 is 5.09 Å². The molecule has 2 aliphatic rings. The SMILES string of the molecule is CNC(=O)CC1CC(c2ccc(OC)cc2)C(OCc2ccc3c(c2)N(CCCOC)CCO3)CN1C(=O)CCCCO[N+](=O)[O-]. The zero-order valence-corrected chi connectivity index (χ0v) is 27.0. The Balaban J connectivity index is 1.54. The van der Waals surface area contributed by atoms with Crippen LogP contribution < -0.4 is 19.7 Å². The molecule has 0 saturated carbocycles. The lowest BCUT2D eigenvalue weighted by Gasteiger charge is -2.44. The van der Waals surface area contributed by atoms with E-state index in [0.29, 0.717) is 45.6 Å². The summed E-state index contributed by atoms with van der Waals surface area (Å²) in [5, 5.41) is 12.3. The molecule has 0 radical (unpaired) electrons. The molecule has 3 unspecified atom stereocenters. The molecule has 2 aromatic carbocycles. The fourth-order valence-electron chi connectivity index (χ4n) is 6.13. The fourth-order valence-corrected chi connectivity index (χ4v) is 6.13. The van der Waals surface area contributed by atoms with E-state index in [9.17, 15) is 19.7 Å². The topological polar surface area (TPSA) is 142 Å². The number of nitrogens with one attached hydrogen (secondary N) is 1. The molecular formula is C33H46N4O9. The molecule has 13 heteroatoms. The van der Waals surface area contributed by atoms with Gasteiger partial charge in [0.25, 0.3) is 5.09 Å². The van der Waals surface area contributed by atoms with Gasteiger partial charge in [0.2, 0.25) is 11.8 Å². The maximum Gasteiger partial charge on any atom is 0.294 e. The first kappa shape index (κ1) is 34.8. The van der Waals surface area contributed by atoms with E-state index in [1.165, 1.54) is 0 Å². The van der Waals surface area contributed by atoms with Gasteiger partial charge in [0.1, 0.15) is 18.1 Å². The molecule has 0 bridgehead atoms. The van der Waals surface area contributed by atoms with Crippen LogP contribution in [0.4, 0.5) is 5.69 Å². The van der Waals surface area contributed by atoms with E-state index >= 15 is 0 Å². The number of likely N-dealkylation sites (tertiary alicyclic amines) is 1. The highest BCUT2D eigenvalue weighted by molar-refractivity contribution is 5.80. The quantitative estimate of drug-likeness (QED) is 0.154. The molecule has 0 aliphatic carbocycles. The number of nitrogens with zero attached hydrogens (tertiary/aromatic N) is 3. The Morgan fingerprint density at radius 3 is 2.61 bits per heavy atom. The molecule has 13 nitrogen and oxygen atoms in total. The van der Waals surface area contributed by atoms with Gasteiger partial charge in [-0.25, -0.2) is 0 Å². The first-order valence-electron chi connectivity index (χ1n) is 15.9. The second-order valence-corrected chi connectivity index (χ2v) is 11.5. The predicted octanol–water partition coefficient (Wildman–Crippen LogP) is 3.72. The Morgan fingerprint density at radius 1 is 1.09 bits per heavy atom. The summed E-state index contributed by atoms with van der Waals surface area (Å²) in [7, 11) is 4.91. The zero-order chi connectivity index (χ0) is 32.9. The summed E-state index contributed by atoms with van der Waals surface area (Å²) in [4.78, 5) is 45.0. The molecule has 1 fully saturated rings. The molecular weight excluding hydrogens is 596 g/mol. The molecule has 2 heterocycles. The number of carbonyl (C=O) groups excluding carboxylic acids is 2. The maximum absolute atomic E-state index is 13.5. The number of carbonyl (C=O) groups is 2. The van der Waals surface area contributed by atoms with Crippen LogP contribution in [0.25, 0.3) is 0 Å². The van der Waals surface area contributed by atoms with Crippen LogP contribution in [-0.2, 0) is 30.5 Å². The minimum atomic E-state index is -0.832. The lowest BCUT2D eigenvalue weighted by molar-refractivity contribution is -0.757. The summed E-state index contributed by atoms with van der Waals surface area (Å²) in [6.07, 6.45) is 2.25. The average Bonchev–Trinajstić information content (AvgIpc) is 3.07. The molecule has 4 rings (SSSR count). The Labute approximate surface area is 270 Å². The Hall–Kier alpha value is -4.10. The number of anilines is 1. The number of rotatable bonds is 17. The largest absolute Gasteiger partial charge is 0.497 e. The number of methoxy groups -OCH3 is 2. The number of hydrogen-bond acceptors (Lipinski definition) is 10. The van der Waals surface area contributed by atoms with Gasteiger partial charge in [-0.1, -0.05) is 18.2 Å². The van der Waals surface area contributed by atoms with E-state index in [-0.39, 0.29) is 49.3 Å². The van der Waals surface area contributed by atoms with Crippen molar-refractivity contribution in [2.24, 2.45) is 0 Å². The van der Waals surface area contributed by atoms with Gasteiger partial charge in [0, 0.05) is 58.7 Å². The molecule has 0 spiro atoms. The first-order chi connectivity index (χ1) is 22.3. The lowest BCUT2D eigenvalue weighted by atomic mass is 9.81. The molecule has 2 aliphatic heterocycles. The lowest BCUT2D eigenvalue weighted by Crippen LogP contribution is -2.53. The summed E-state index contributed by atoms with van der Waals surface area (Å²) in [6.45, 7) is 3.54. The summed E-state index contributed by atoms with van der Waals surface area (Å²) in [6, 6.07) is 13.6. The molecule has 2 amide bonds. The van der Waals surface area contributed by atoms with Crippen LogP contribution in [0.3, 0.4) is 0 Å². The van der Waals surface area contributed by atoms with E-state index in [4.69, 9.17) is 18.9 Å². The summed E-state index contributed by atoms with van der Waals surface area (Å²) >= 11 is 0. The van der Waals surface area contributed by atoms with Gasteiger partial charge >= 0.3 is 0 Å². The first-order valence-corrected chi connectivity index (χ1v) is 15.9. The number of piperidine rings is 1. The van der Waals surface area contributed by atoms with Crippen molar-refractivity contribution in [2.45, 2.75) is 63.2 Å². The molecule has 252 valence electrons. The van der Waals surface area contributed by atoms with Crippen molar-refractivity contribution in [2.75, 3.05) is 65.6 Å². The van der Waals surface area contributed by atoms with Crippen LogP contribution in [0, 0.1) is 10.1 Å². The van der Waals surface area contributed by atoms with Crippen LogP contribution in [0.2, 0.25) is 0 Å². The third-order valence-corrected chi connectivity index (χ3v) is 8.56. The minimum Gasteiger partial charge on any atom is -0.497 e. The highest BCUT2D eigenvalue weighted by atomic mass is 16.9. The van der Waals surface area contributed by atoms with E-state index in [0.717, 1.165) is 47.8 Å². The third kappa shape index (κ3) is 9.70. The standard InChI is InChI=1S/C33H46N4O9/c1-34-32(38)21-26-20-28(25-9-11-27(43-3)12-10-25)31(22-36(26)33(39)7-4-5-17-46-37(40)41)45-23-24-8-13-30-29(19-24)35(15-18-44-30)14-6-16-42-2/h8-13,19,26,28,31H,4-7,14-18,20-23H2,1-3H3,(H,34,38). The van der Waals surface area contributed by atoms with Crippen molar-refractivity contribution in [1.29, 1.82) is 0 Å². The molecule has 0 aromatic heterocycles. The number of amides is 2. The van der Waals surface area contributed by atoms with Crippen molar-refractivity contribution in [3.8, 4) is 11.5 Å². The third-order valence-electron chi connectivity index (χ3n) is 8.56. The van der Waals surface area contributed by atoms with Crippen LogP contribution in [0.5, 0.6) is 11.5 Å². The zero-order valence-electron chi connectivity index (χ0n) is 27.0. The number of fused-ring (bicyclic) bond motifs is 1. The highest BCUT2D eigenvalue weighted by Crippen LogP contribution is 2.38. The van der Waals surface area contributed by atoms with Gasteiger partial charge in [-0.2, -0.15) is 0 Å². The van der Waals surface area contributed by atoms with Gasteiger partial charge in [-0.15, -0.1) is 10.1 Å². The van der Waals surface area contributed by atoms with E-state index in [1.807, 2.05) is 36.4 Å². The van der Waals surface area contributed by atoms with Crippen LogP contribution in [0.15, 0.2) is 42.5 Å². The molecule has 3 atom stereocenters. The summed E-state index contributed by atoms with van der Waals surface area (Å²) in [5.74, 6) is 1.24. The highest BCUT2D eigenvalue weighted by Gasteiger charge is 2.40. The van der Waals surface area contributed by atoms with Crippen LogP contribution in [0.1, 0.15) is 55.6 Å². The maximum atomic E-state index is 13.5. The average molecular weight is 643 g/mol. The van der Waals surface area contributed by atoms with E-state index in [2.05, 4.69) is 21.1 Å². The van der Waals surface area contributed by atoms with Crippen molar-refractivity contribution < 1.29 is 38.5 Å². The summed E-state index contributed by atoms with van der Waals surface area (Å²) < 4.78 is 23.2. The van der Waals surface area contributed by atoms with Gasteiger partial charge < -0.3 is 38.9 Å². The second kappa shape index (κ2) is 17.6. The Kier molecular flexibility index (Phi) is 13.3. The Morgan fingerprint density at radius 2 is 1.89 bits per heavy atom. The normalized spacial score (nSPS) is 19.2. The van der Waals surface area contributed by atoms with Crippen molar-refractivity contribution in [1.82, 2.24) is 10.2 Å². The van der Waals surface area contributed by atoms with Crippen LogP contribution in [-0.4, -0.2) is 94.7 Å². The molecule has 46 heavy (non-hydrogen) atoms. The molecule has 1 saturated heterocycles. The van der Waals surface area contributed by atoms with E-state index in [1.54, 1.807) is 26.2 Å². The van der Waals surface area contributed by atoms with Gasteiger partial charge in [0.15, 0.2) is 0 Å². The monoisotopic (exact) mass is 642 g/mol. The van der Waals surface area contributed by atoms with Crippen LogP contribution >= 0.6 is 0 Å². The number of unbranched alkanes of at least 4 members (excludes halogenated alkanes) is 1. The number of hydrogen-bond donors (Lipinski definition) is 1. The summed E-state index contributed by atoms with van der Waals surface area (Å²) in [5.41, 5.74) is 3.06. The fraction of sp³-hybridized carbons (Fsp3) is 0.576. The minimum absolute atomic E-state index is 0.0666. The van der Waals surface area contributed by atoms with Gasteiger partial charge in [-0.3, -0.25) is 9.59 Å². The van der Waals surface area contributed by atoms with Gasteiger partial charge in [0.05, 0.1) is 38.7 Å². The Bertz CT molecular complexity index is 1290.